The van der Waals surface area contributed by atoms with Gasteiger partial charge in [-0.15, -0.1) is 0 Å². The van der Waals surface area contributed by atoms with Crippen molar-refractivity contribution in [2.24, 2.45) is 0 Å². The number of ether oxygens (including phenoxy) is 1. The van der Waals surface area contributed by atoms with Crippen molar-refractivity contribution in [3.63, 3.8) is 0 Å². The molecule has 0 aromatic heterocycles. The highest BCUT2D eigenvalue weighted by Gasteiger charge is 2.10. The molecule has 1 aromatic rings. The molecule has 0 saturated carbocycles. The molecule has 0 aliphatic rings. The number of esters is 1. The first-order chi connectivity index (χ1) is 9.04. The van der Waals surface area contributed by atoms with Crippen LogP contribution in [-0.2, 0) is 14.3 Å². The van der Waals surface area contributed by atoms with E-state index in [1.807, 2.05) is 12.1 Å². The average Bonchev–Trinajstić information content (AvgIpc) is 2.37. The van der Waals surface area contributed by atoms with Gasteiger partial charge < -0.3 is 9.64 Å². The van der Waals surface area contributed by atoms with E-state index in [1.165, 1.54) is 18.0 Å². The third-order valence-electron chi connectivity index (χ3n) is 2.36. The molecule has 19 heavy (non-hydrogen) atoms. The monoisotopic (exact) mass is 281 g/mol. The Bertz CT molecular complexity index is 485. The number of halogens is 1. The normalized spacial score (nSPS) is 10.5. The second-order valence-corrected chi connectivity index (χ2v) is 4.26. The summed E-state index contributed by atoms with van der Waals surface area (Å²) in [5.74, 6) is -0.711. The minimum Gasteiger partial charge on any atom is -0.465 e. The Morgan fingerprint density at radius 1 is 1.37 bits per heavy atom. The molecule has 0 aliphatic carbocycles. The third kappa shape index (κ3) is 5.14. The molecule has 0 N–H and O–H groups in total. The second kappa shape index (κ2) is 7.59. The lowest BCUT2D eigenvalue weighted by atomic mass is 10.2. The first-order valence-electron chi connectivity index (χ1n) is 5.88. The van der Waals surface area contributed by atoms with E-state index in [9.17, 15) is 9.59 Å². The summed E-state index contributed by atoms with van der Waals surface area (Å²) in [4.78, 5) is 24.3. The molecule has 0 atom stereocenters. The summed E-state index contributed by atoms with van der Waals surface area (Å²) in [5.41, 5.74) is 0.752. The zero-order valence-corrected chi connectivity index (χ0v) is 11.7. The SMILES string of the molecule is CCOC(=O)CN(C)C(=O)C=Cc1ccccc1Cl. The highest BCUT2D eigenvalue weighted by atomic mass is 35.5. The van der Waals surface area contributed by atoms with Crippen molar-refractivity contribution in [3.05, 3.63) is 40.9 Å². The number of hydrogen-bond donors (Lipinski definition) is 0. The van der Waals surface area contributed by atoms with Gasteiger partial charge in [0.1, 0.15) is 6.54 Å². The van der Waals surface area contributed by atoms with Gasteiger partial charge in [-0.1, -0.05) is 29.8 Å². The number of hydrogen-bond acceptors (Lipinski definition) is 3. The number of amides is 1. The Hall–Kier alpha value is -1.81. The number of rotatable bonds is 5. The van der Waals surface area contributed by atoms with Crippen LogP contribution in [0.1, 0.15) is 12.5 Å². The lowest BCUT2D eigenvalue weighted by Gasteiger charge is -2.13. The molecule has 0 heterocycles. The molecular weight excluding hydrogens is 266 g/mol. The van der Waals surface area contributed by atoms with Crippen LogP contribution in [0.2, 0.25) is 5.02 Å². The Balaban J connectivity index is 2.59. The van der Waals surface area contributed by atoms with Crippen LogP contribution in [0.5, 0.6) is 0 Å². The van der Waals surface area contributed by atoms with Crippen LogP contribution in [0.3, 0.4) is 0 Å². The van der Waals surface area contributed by atoms with Gasteiger partial charge in [-0.2, -0.15) is 0 Å². The van der Waals surface area contributed by atoms with Gasteiger partial charge in [0.25, 0.3) is 0 Å². The van der Waals surface area contributed by atoms with Crippen molar-refractivity contribution in [3.8, 4) is 0 Å². The summed E-state index contributed by atoms with van der Waals surface area (Å²) >= 11 is 5.96. The number of carbonyl (C=O) groups excluding carboxylic acids is 2. The highest BCUT2D eigenvalue weighted by molar-refractivity contribution is 6.32. The molecular formula is C14H16ClNO3. The Morgan fingerprint density at radius 3 is 2.68 bits per heavy atom. The van der Waals surface area contributed by atoms with E-state index in [1.54, 1.807) is 25.1 Å². The van der Waals surface area contributed by atoms with Crippen LogP contribution in [0.15, 0.2) is 30.3 Å². The van der Waals surface area contributed by atoms with Gasteiger partial charge in [-0.05, 0) is 24.6 Å². The predicted octanol–water partition coefficient (Wildman–Crippen LogP) is 2.37. The van der Waals surface area contributed by atoms with Gasteiger partial charge in [0.2, 0.25) is 5.91 Å². The smallest absolute Gasteiger partial charge is 0.325 e. The molecule has 1 aromatic carbocycles. The molecule has 102 valence electrons. The van der Waals surface area contributed by atoms with Crippen molar-refractivity contribution in [1.29, 1.82) is 0 Å². The van der Waals surface area contributed by atoms with E-state index in [2.05, 4.69) is 0 Å². The Morgan fingerprint density at radius 2 is 2.05 bits per heavy atom. The lowest BCUT2D eigenvalue weighted by Crippen LogP contribution is -2.31. The molecule has 1 amide bonds. The van der Waals surface area contributed by atoms with E-state index < -0.39 is 5.97 Å². The molecule has 5 heteroatoms. The van der Waals surface area contributed by atoms with Crippen LogP contribution >= 0.6 is 11.6 Å². The van der Waals surface area contributed by atoms with Crippen LogP contribution < -0.4 is 0 Å². The van der Waals surface area contributed by atoms with Gasteiger partial charge in [0.05, 0.1) is 6.61 Å². The van der Waals surface area contributed by atoms with Gasteiger partial charge in [-0.25, -0.2) is 0 Å². The number of benzene rings is 1. The van der Waals surface area contributed by atoms with Crippen molar-refractivity contribution in [2.75, 3.05) is 20.2 Å². The fraction of sp³-hybridized carbons (Fsp3) is 0.286. The standard InChI is InChI=1S/C14H16ClNO3/c1-3-19-14(18)10-16(2)13(17)9-8-11-6-4-5-7-12(11)15/h4-9H,3,10H2,1-2H3. The number of carbonyl (C=O) groups is 2. The summed E-state index contributed by atoms with van der Waals surface area (Å²) < 4.78 is 4.77. The highest BCUT2D eigenvalue weighted by Crippen LogP contribution is 2.16. The molecule has 0 fully saturated rings. The molecule has 0 unspecified atom stereocenters. The summed E-state index contributed by atoms with van der Waals surface area (Å²) in [6.07, 6.45) is 2.99. The van der Waals surface area contributed by atoms with Crippen molar-refractivity contribution in [2.45, 2.75) is 6.92 Å². The van der Waals surface area contributed by atoms with Crippen molar-refractivity contribution >= 4 is 29.6 Å². The van der Waals surface area contributed by atoms with Crippen LogP contribution in [0.4, 0.5) is 0 Å². The molecule has 1 rings (SSSR count). The summed E-state index contributed by atoms with van der Waals surface area (Å²) in [7, 11) is 1.54. The number of nitrogens with zero attached hydrogens (tertiary/aromatic N) is 1. The Labute approximate surface area is 117 Å². The van der Waals surface area contributed by atoms with Gasteiger partial charge >= 0.3 is 5.97 Å². The Kier molecular flexibility index (Phi) is 6.09. The molecule has 0 bridgehead atoms. The van der Waals surface area contributed by atoms with E-state index in [4.69, 9.17) is 16.3 Å². The summed E-state index contributed by atoms with van der Waals surface area (Å²) in [5, 5.41) is 0.569. The maximum atomic E-state index is 11.8. The zero-order chi connectivity index (χ0) is 14.3. The van der Waals surface area contributed by atoms with Gasteiger partial charge in [0.15, 0.2) is 0 Å². The quantitative estimate of drug-likeness (QED) is 0.615. The molecule has 0 aliphatic heterocycles. The van der Waals surface area contributed by atoms with E-state index >= 15 is 0 Å². The van der Waals surface area contributed by atoms with Crippen LogP contribution in [-0.4, -0.2) is 37.0 Å². The maximum absolute atomic E-state index is 11.8. The number of likely N-dealkylation sites (N-methyl/N-ethyl adjacent to an activating group) is 1. The summed E-state index contributed by atoms with van der Waals surface area (Å²) in [6.45, 7) is 1.95. The first kappa shape index (κ1) is 15.2. The largest absolute Gasteiger partial charge is 0.465 e. The molecule has 0 saturated heterocycles. The maximum Gasteiger partial charge on any atom is 0.325 e. The lowest BCUT2D eigenvalue weighted by molar-refractivity contribution is -0.146. The minimum absolute atomic E-state index is 0.0699. The van der Waals surface area contributed by atoms with Crippen LogP contribution in [0.25, 0.3) is 6.08 Å². The average molecular weight is 282 g/mol. The summed E-state index contributed by atoms with van der Waals surface area (Å²) in [6, 6.07) is 7.19. The van der Waals surface area contributed by atoms with E-state index in [0.717, 1.165) is 5.56 Å². The fourth-order valence-corrected chi connectivity index (χ4v) is 1.58. The zero-order valence-electron chi connectivity index (χ0n) is 10.9. The van der Waals surface area contributed by atoms with Crippen LogP contribution in [0, 0.1) is 0 Å². The van der Waals surface area contributed by atoms with E-state index in [-0.39, 0.29) is 12.5 Å². The predicted molar refractivity (Wildman–Crippen MR) is 74.8 cm³/mol. The van der Waals surface area contributed by atoms with Gasteiger partial charge in [-0.3, -0.25) is 9.59 Å². The second-order valence-electron chi connectivity index (χ2n) is 3.85. The first-order valence-corrected chi connectivity index (χ1v) is 6.25. The third-order valence-corrected chi connectivity index (χ3v) is 2.70. The van der Waals surface area contributed by atoms with Gasteiger partial charge in [0, 0.05) is 18.1 Å². The fourth-order valence-electron chi connectivity index (χ4n) is 1.38. The van der Waals surface area contributed by atoms with E-state index in [0.29, 0.717) is 11.6 Å². The minimum atomic E-state index is -0.426. The van der Waals surface area contributed by atoms with Crippen molar-refractivity contribution in [1.82, 2.24) is 4.90 Å². The van der Waals surface area contributed by atoms with Crippen molar-refractivity contribution < 1.29 is 14.3 Å². The topological polar surface area (TPSA) is 46.6 Å². The molecule has 0 spiro atoms. The molecule has 0 radical (unpaired) electrons. The molecule has 4 nitrogen and oxygen atoms in total.